The minimum atomic E-state index is -0.0816. The zero-order valence-electron chi connectivity index (χ0n) is 14.3. The molecule has 6 heteroatoms. The summed E-state index contributed by atoms with van der Waals surface area (Å²) in [4.78, 5) is 15.4. The number of pyridine rings is 1. The third-order valence-corrected chi connectivity index (χ3v) is 4.80. The van der Waals surface area contributed by atoms with Gasteiger partial charge in [0.15, 0.2) is 0 Å². The highest BCUT2D eigenvalue weighted by atomic mass is 35.5. The number of halogens is 1. The van der Waals surface area contributed by atoms with E-state index in [0.717, 1.165) is 40.8 Å². The summed E-state index contributed by atoms with van der Waals surface area (Å²) < 4.78 is 5.91. The molecule has 1 aliphatic rings. The van der Waals surface area contributed by atoms with Crippen LogP contribution in [0.1, 0.15) is 22.9 Å². The van der Waals surface area contributed by atoms with E-state index in [1.54, 1.807) is 12.4 Å². The Morgan fingerprint density at radius 3 is 2.65 bits per heavy atom. The summed E-state index contributed by atoms with van der Waals surface area (Å²) in [6, 6.07) is 13.8. The van der Waals surface area contributed by atoms with Crippen LogP contribution < -0.4 is 4.90 Å². The summed E-state index contributed by atoms with van der Waals surface area (Å²) in [7, 11) is 0. The first-order valence-electron chi connectivity index (χ1n) is 8.61. The molecule has 1 fully saturated rings. The van der Waals surface area contributed by atoms with Crippen LogP contribution in [-0.4, -0.2) is 34.6 Å². The van der Waals surface area contributed by atoms with Gasteiger partial charge in [-0.15, -0.1) is 0 Å². The van der Waals surface area contributed by atoms with Crippen molar-refractivity contribution < 1.29 is 4.74 Å². The van der Waals surface area contributed by atoms with Crippen LogP contribution in [0.2, 0.25) is 5.02 Å². The maximum absolute atomic E-state index is 6.24. The van der Waals surface area contributed by atoms with Crippen molar-refractivity contribution in [1.29, 1.82) is 0 Å². The fraction of sp³-hybridized carbons (Fsp3) is 0.250. The number of rotatable bonds is 4. The lowest BCUT2D eigenvalue weighted by atomic mass is 10.1. The van der Waals surface area contributed by atoms with E-state index in [0.29, 0.717) is 13.2 Å². The molecule has 0 radical (unpaired) electrons. The number of aromatic nitrogens is 3. The van der Waals surface area contributed by atoms with E-state index in [2.05, 4.69) is 25.9 Å². The molecule has 0 N–H and O–H groups in total. The van der Waals surface area contributed by atoms with E-state index >= 15 is 0 Å². The smallest absolute Gasteiger partial charge is 0.225 e. The third-order valence-electron chi connectivity index (χ3n) is 4.43. The van der Waals surface area contributed by atoms with Crippen LogP contribution >= 0.6 is 11.6 Å². The number of benzene rings is 1. The van der Waals surface area contributed by atoms with Crippen molar-refractivity contribution in [2.45, 2.75) is 12.5 Å². The maximum Gasteiger partial charge on any atom is 0.225 e. The van der Waals surface area contributed by atoms with Gasteiger partial charge in [0.2, 0.25) is 5.95 Å². The van der Waals surface area contributed by atoms with Gasteiger partial charge in [0.05, 0.1) is 18.8 Å². The molecule has 3 heterocycles. The van der Waals surface area contributed by atoms with Crippen molar-refractivity contribution in [1.82, 2.24) is 15.0 Å². The van der Waals surface area contributed by atoms with Crippen molar-refractivity contribution in [3.8, 4) is 0 Å². The summed E-state index contributed by atoms with van der Waals surface area (Å²) in [6.07, 6.45) is 6.10. The quantitative estimate of drug-likeness (QED) is 0.704. The number of hydrogen-bond donors (Lipinski definition) is 0. The van der Waals surface area contributed by atoms with Gasteiger partial charge in [-0.05, 0) is 29.3 Å². The largest absolute Gasteiger partial charge is 0.368 e. The Balaban J connectivity index is 1.45. The van der Waals surface area contributed by atoms with Gasteiger partial charge < -0.3 is 9.64 Å². The Morgan fingerprint density at radius 2 is 1.88 bits per heavy atom. The third kappa shape index (κ3) is 3.84. The highest BCUT2D eigenvalue weighted by Gasteiger charge is 2.24. The van der Waals surface area contributed by atoms with Crippen molar-refractivity contribution in [3.63, 3.8) is 0 Å². The van der Waals surface area contributed by atoms with Gasteiger partial charge in [-0.3, -0.25) is 4.98 Å². The SMILES string of the molecule is Clc1ccccc1Cc1ccc([C@@H]2CN(c3ncccn3)CCO2)nc1. The van der Waals surface area contributed by atoms with Gasteiger partial charge in [0.25, 0.3) is 0 Å². The molecule has 1 atom stereocenters. The molecule has 0 saturated carbocycles. The summed E-state index contributed by atoms with van der Waals surface area (Å²) in [5, 5.41) is 0.783. The summed E-state index contributed by atoms with van der Waals surface area (Å²) in [5.74, 6) is 0.733. The summed E-state index contributed by atoms with van der Waals surface area (Å²) in [6.45, 7) is 2.11. The van der Waals surface area contributed by atoms with E-state index in [1.165, 1.54) is 0 Å². The molecule has 2 aromatic heterocycles. The fourth-order valence-corrected chi connectivity index (χ4v) is 3.26. The van der Waals surface area contributed by atoms with Gasteiger partial charge in [-0.2, -0.15) is 0 Å². The molecule has 26 heavy (non-hydrogen) atoms. The van der Waals surface area contributed by atoms with Crippen LogP contribution in [0.3, 0.4) is 0 Å². The van der Waals surface area contributed by atoms with Gasteiger partial charge >= 0.3 is 0 Å². The zero-order valence-corrected chi connectivity index (χ0v) is 15.0. The number of anilines is 1. The minimum absolute atomic E-state index is 0.0816. The monoisotopic (exact) mass is 366 g/mol. The molecule has 1 saturated heterocycles. The van der Waals surface area contributed by atoms with Crippen LogP contribution in [0.5, 0.6) is 0 Å². The molecule has 0 amide bonds. The number of morpholine rings is 1. The molecule has 4 rings (SSSR count). The minimum Gasteiger partial charge on any atom is -0.368 e. The first-order chi connectivity index (χ1) is 12.8. The van der Waals surface area contributed by atoms with Crippen molar-refractivity contribution in [2.75, 3.05) is 24.6 Å². The van der Waals surface area contributed by atoms with Crippen molar-refractivity contribution in [3.05, 3.63) is 82.9 Å². The zero-order chi connectivity index (χ0) is 17.8. The van der Waals surface area contributed by atoms with Crippen LogP contribution in [-0.2, 0) is 11.2 Å². The number of ether oxygens (including phenoxy) is 1. The van der Waals surface area contributed by atoms with Crippen LogP contribution in [0.4, 0.5) is 5.95 Å². The van der Waals surface area contributed by atoms with E-state index in [1.807, 2.05) is 42.6 Å². The lowest BCUT2D eigenvalue weighted by molar-refractivity contribution is 0.0364. The topological polar surface area (TPSA) is 51.1 Å². The normalized spacial score (nSPS) is 17.3. The van der Waals surface area contributed by atoms with E-state index in [9.17, 15) is 0 Å². The first-order valence-corrected chi connectivity index (χ1v) is 8.99. The molecule has 0 bridgehead atoms. The van der Waals surface area contributed by atoms with Crippen molar-refractivity contribution in [2.24, 2.45) is 0 Å². The Hall–Kier alpha value is -2.50. The lowest BCUT2D eigenvalue weighted by Crippen LogP contribution is -2.39. The molecule has 132 valence electrons. The molecule has 1 aliphatic heterocycles. The molecule has 0 aliphatic carbocycles. The fourth-order valence-electron chi connectivity index (χ4n) is 3.06. The van der Waals surface area contributed by atoms with Crippen LogP contribution in [0.25, 0.3) is 0 Å². The molecule has 3 aromatic rings. The molecular weight excluding hydrogens is 348 g/mol. The summed E-state index contributed by atoms with van der Waals surface area (Å²) in [5.41, 5.74) is 3.15. The Kier molecular flexibility index (Phi) is 5.09. The van der Waals surface area contributed by atoms with Crippen LogP contribution in [0, 0.1) is 0 Å². The highest BCUT2D eigenvalue weighted by molar-refractivity contribution is 6.31. The Labute approximate surface area is 157 Å². The number of nitrogens with zero attached hydrogens (tertiary/aromatic N) is 4. The second-order valence-corrected chi connectivity index (χ2v) is 6.62. The molecule has 5 nitrogen and oxygen atoms in total. The van der Waals surface area contributed by atoms with E-state index < -0.39 is 0 Å². The molecule has 1 aromatic carbocycles. The van der Waals surface area contributed by atoms with E-state index in [4.69, 9.17) is 16.3 Å². The second kappa shape index (κ2) is 7.81. The van der Waals surface area contributed by atoms with Gasteiger partial charge in [0, 0.05) is 36.6 Å². The Bertz CT molecular complexity index is 857. The van der Waals surface area contributed by atoms with Crippen LogP contribution in [0.15, 0.2) is 61.1 Å². The molecule has 0 unspecified atom stereocenters. The first kappa shape index (κ1) is 16.9. The predicted octanol–water partition coefficient (Wildman–Crippen LogP) is 3.69. The molecular formula is C20H19ClN4O. The highest BCUT2D eigenvalue weighted by Crippen LogP contribution is 2.24. The summed E-state index contributed by atoms with van der Waals surface area (Å²) >= 11 is 6.24. The van der Waals surface area contributed by atoms with Crippen molar-refractivity contribution >= 4 is 17.5 Å². The average Bonchev–Trinajstić information content (AvgIpc) is 2.71. The predicted molar refractivity (Wildman–Crippen MR) is 101 cm³/mol. The van der Waals surface area contributed by atoms with Gasteiger partial charge in [-0.1, -0.05) is 35.9 Å². The Morgan fingerprint density at radius 1 is 1.04 bits per heavy atom. The maximum atomic E-state index is 6.24. The van der Waals surface area contributed by atoms with E-state index in [-0.39, 0.29) is 6.10 Å². The lowest BCUT2D eigenvalue weighted by Gasteiger charge is -2.32. The second-order valence-electron chi connectivity index (χ2n) is 6.21. The van der Waals surface area contributed by atoms with Gasteiger partial charge in [-0.25, -0.2) is 9.97 Å². The standard InChI is InChI=1S/C20H19ClN4O/c21-17-5-2-1-4-16(17)12-15-6-7-18(24-13-15)19-14-25(10-11-26-19)20-22-8-3-9-23-20/h1-9,13,19H,10-12,14H2/t19-/m0/s1. The number of hydrogen-bond acceptors (Lipinski definition) is 5. The van der Waals surface area contributed by atoms with Gasteiger partial charge in [0.1, 0.15) is 6.10 Å². The average molecular weight is 367 g/mol. The molecule has 0 spiro atoms.